The molecule has 19 heavy (non-hydrogen) atoms. The lowest BCUT2D eigenvalue weighted by molar-refractivity contribution is -0.120. The number of nitrogens with one attached hydrogen (secondary N) is 2. The third-order valence-corrected chi connectivity index (χ3v) is 2.78. The highest BCUT2D eigenvalue weighted by atomic mass is 32.1. The topological polar surface area (TPSA) is 98.7 Å². The fourth-order valence-electron chi connectivity index (χ4n) is 0.660. The molecule has 1 unspecified atom stereocenters. The average molecular weight is 294 g/mol. The molecule has 0 bridgehead atoms. The molecule has 2 amide bonds. The van der Waals surface area contributed by atoms with Crippen molar-refractivity contribution in [2.75, 3.05) is 25.4 Å². The molecule has 0 fully saturated rings. The van der Waals surface area contributed by atoms with Gasteiger partial charge in [-0.15, -0.1) is 0 Å². The minimum absolute atomic E-state index is 0.0324. The number of rotatable bonds is 8. The van der Waals surface area contributed by atoms with Crippen molar-refractivity contribution in [3.05, 3.63) is 0 Å². The van der Waals surface area contributed by atoms with Crippen molar-refractivity contribution in [1.82, 2.24) is 10.6 Å². The molecule has 0 aliphatic rings. The molecule has 0 aliphatic heterocycles. The first-order chi connectivity index (χ1) is 8.81. The van der Waals surface area contributed by atoms with E-state index in [4.69, 9.17) is 10.2 Å². The molecule has 6 nitrogen and oxygen atoms in total. The Kier molecular flexibility index (Phi) is 13.2. The van der Waals surface area contributed by atoms with Crippen molar-refractivity contribution in [1.29, 1.82) is 0 Å². The quantitative estimate of drug-likeness (QED) is 0.238. The molecule has 0 aliphatic carbocycles. The van der Waals surface area contributed by atoms with Crippen molar-refractivity contribution < 1.29 is 19.8 Å². The van der Waals surface area contributed by atoms with Crippen LogP contribution in [0, 0.1) is 5.41 Å². The minimum atomic E-state index is -0.438. The van der Waals surface area contributed by atoms with Crippen LogP contribution in [-0.4, -0.2) is 54.1 Å². The van der Waals surface area contributed by atoms with Crippen molar-refractivity contribution >= 4 is 24.9 Å². The Bertz CT molecular complexity index is 248. The molecule has 1 atom stereocenters. The van der Waals surface area contributed by atoms with E-state index in [1.165, 1.54) is 0 Å². The first kappa shape index (κ1) is 20.5. The van der Waals surface area contributed by atoms with Gasteiger partial charge in [0, 0.05) is 30.7 Å². The number of amides is 2. The molecule has 0 rings (SSSR count). The van der Waals surface area contributed by atoms with Gasteiger partial charge in [0.1, 0.15) is 0 Å². The second-order valence-electron chi connectivity index (χ2n) is 4.72. The van der Waals surface area contributed by atoms with Crippen LogP contribution in [0.4, 0.5) is 0 Å². The van der Waals surface area contributed by atoms with Crippen molar-refractivity contribution in [2.24, 2.45) is 5.41 Å². The number of hydrogen-bond acceptors (Lipinski definition) is 5. The van der Waals surface area contributed by atoms with Crippen LogP contribution in [0.5, 0.6) is 0 Å². The second kappa shape index (κ2) is 12.3. The largest absolute Gasteiger partial charge is 0.396 e. The standard InChI is InChI=1S/C6H12N2O2S.C6H14O2/c9-5-7-2-1-6(10)8-3-4-11;1-5(8)6(2,3)4-7/h5,11H,1-4H2,(H,7,9)(H,8,10);5,7-8H,4H2,1-3H3. The molecule has 7 heteroatoms. The molecule has 0 spiro atoms. The van der Waals surface area contributed by atoms with E-state index < -0.39 is 6.10 Å². The van der Waals surface area contributed by atoms with E-state index >= 15 is 0 Å². The monoisotopic (exact) mass is 294 g/mol. The van der Waals surface area contributed by atoms with Crippen molar-refractivity contribution in [3.63, 3.8) is 0 Å². The molecule has 0 heterocycles. The zero-order valence-electron chi connectivity index (χ0n) is 11.8. The summed E-state index contributed by atoms with van der Waals surface area (Å²) in [7, 11) is 0. The van der Waals surface area contributed by atoms with Crippen LogP contribution in [0.2, 0.25) is 0 Å². The summed E-state index contributed by atoms with van der Waals surface area (Å²) in [5.74, 6) is 0.570. The van der Waals surface area contributed by atoms with Gasteiger partial charge in [0.25, 0.3) is 0 Å². The van der Waals surface area contributed by atoms with Crippen molar-refractivity contribution in [2.45, 2.75) is 33.3 Å². The highest BCUT2D eigenvalue weighted by Crippen LogP contribution is 2.17. The molecular weight excluding hydrogens is 268 g/mol. The third kappa shape index (κ3) is 13.4. The average Bonchev–Trinajstić information content (AvgIpc) is 2.37. The summed E-state index contributed by atoms with van der Waals surface area (Å²) in [5.41, 5.74) is -0.347. The highest BCUT2D eigenvalue weighted by Gasteiger charge is 2.22. The molecule has 0 radical (unpaired) electrons. The van der Waals surface area contributed by atoms with Crippen LogP contribution < -0.4 is 10.6 Å². The van der Waals surface area contributed by atoms with Crippen LogP contribution in [0.3, 0.4) is 0 Å². The molecular formula is C12H26N2O4S. The SMILES string of the molecule is CC(O)C(C)(C)CO.O=CNCCC(=O)NCCS. The van der Waals surface area contributed by atoms with E-state index in [0.29, 0.717) is 31.7 Å². The van der Waals surface area contributed by atoms with E-state index in [0.717, 1.165) is 0 Å². The number of hydrogen-bond donors (Lipinski definition) is 5. The number of aliphatic hydroxyl groups excluding tert-OH is 2. The molecule has 4 N–H and O–H groups in total. The fraction of sp³-hybridized carbons (Fsp3) is 0.833. The van der Waals surface area contributed by atoms with E-state index in [9.17, 15) is 9.59 Å². The van der Waals surface area contributed by atoms with E-state index in [1.807, 2.05) is 13.8 Å². The van der Waals surface area contributed by atoms with E-state index in [2.05, 4.69) is 23.3 Å². The molecule has 0 aromatic carbocycles. The summed E-state index contributed by atoms with van der Waals surface area (Å²) >= 11 is 3.92. The highest BCUT2D eigenvalue weighted by molar-refractivity contribution is 7.80. The molecule has 0 saturated carbocycles. The molecule has 0 aromatic heterocycles. The zero-order chi connectivity index (χ0) is 15.3. The predicted molar refractivity (Wildman–Crippen MR) is 78.1 cm³/mol. The van der Waals surface area contributed by atoms with Gasteiger partial charge in [0.15, 0.2) is 0 Å². The summed E-state index contributed by atoms with van der Waals surface area (Å²) in [6, 6.07) is 0. The number of carbonyl (C=O) groups is 2. The van der Waals surface area contributed by atoms with Crippen molar-refractivity contribution in [3.8, 4) is 0 Å². The number of carbonyl (C=O) groups excluding carboxylic acids is 2. The number of aliphatic hydroxyl groups is 2. The van der Waals surface area contributed by atoms with Gasteiger partial charge in [-0.2, -0.15) is 12.6 Å². The van der Waals surface area contributed by atoms with Crippen LogP contribution in [0.25, 0.3) is 0 Å². The van der Waals surface area contributed by atoms with Gasteiger partial charge in [0.2, 0.25) is 12.3 Å². The minimum Gasteiger partial charge on any atom is -0.396 e. The van der Waals surface area contributed by atoms with Crippen LogP contribution in [-0.2, 0) is 9.59 Å². The summed E-state index contributed by atoms with van der Waals surface area (Å²) < 4.78 is 0. The third-order valence-electron chi connectivity index (χ3n) is 2.55. The maximum atomic E-state index is 10.8. The van der Waals surface area contributed by atoms with E-state index in [1.54, 1.807) is 6.92 Å². The normalized spacial score (nSPS) is 11.9. The summed E-state index contributed by atoms with van der Waals surface area (Å²) in [6.45, 7) is 6.31. The molecule has 114 valence electrons. The lowest BCUT2D eigenvalue weighted by Crippen LogP contribution is -2.29. The maximum absolute atomic E-state index is 10.8. The lowest BCUT2D eigenvalue weighted by atomic mass is 9.89. The van der Waals surface area contributed by atoms with Gasteiger partial charge in [-0.05, 0) is 6.92 Å². The molecule has 0 aromatic rings. The summed E-state index contributed by atoms with van der Waals surface area (Å²) in [6.07, 6.45) is 0.464. The number of thiol groups is 1. The van der Waals surface area contributed by atoms with Crippen LogP contribution in [0.1, 0.15) is 27.2 Å². The van der Waals surface area contributed by atoms with Gasteiger partial charge in [-0.25, -0.2) is 0 Å². The summed E-state index contributed by atoms with van der Waals surface area (Å²) in [5, 5.41) is 22.5. The fourth-order valence-corrected chi connectivity index (χ4v) is 0.772. The van der Waals surface area contributed by atoms with Gasteiger partial charge < -0.3 is 20.8 Å². The summed E-state index contributed by atoms with van der Waals surface area (Å²) in [4.78, 5) is 20.5. The maximum Gasteiger partial charge on any atom is 0.221 e. The zero-order valence-corrected chi connectivity index (χ0v) is 12.7. The predicted octanol–water partition coefficient (Wildman–Crippen LogP) is -0.446. The Labute approximate surface area is 120 Å². The second-order valence-corrected chi connectivity index (χ2v) is 5.17. The first-order valence-electron chi connectivity index (χ1n) is 6.15. The first-order valence-corrected chi connectivity index (χ1v) is 6.78. The Balaban J connectivity index is 0. The van der Waals surface area contributed by atoms with Crippen LogP contribution >= 0.6 is 12.6 Å². The van der Waals surface area contributed by atoms with Gasteiger partial charge in [-0.3, -0.25) is 9.59 Å². The molecule has 0 saturated heterocycles. The van der Waals surface area contributed by atoms with E-state index in [-0.39, 0.29) is 17.9 Å². The smallest absolute Gasteiger partial charge is 0.221 e. The van der Waals surface area contributed by atoms with Gasteiger partial charge in [0.05, 0.1) is 12.7 Å². The van der Waals surface area contributed by atoms with Gasteiger partial charge in [-0.1, -0.05) is 13.8 Å². The Morgan fingerprint density at radius 1 is 1.42 bits per heavy atom. The Morgan fingerprint density at radius 3 is 2.32 bits per heavy atom. The lowest BCUT2D eigenvalue weighted by Gasteiger charge is -2.24. The Hall–Kier alpha value is -0.790. The van der Waals surface area contributed by atoms with Crippen LogP contribution in [0.15, 0.2) is 0 Å². The Morgan fingerprint density at radius 2 is 2.00 bits per heavy atom. The van der Waals surface area contributed by atoms with Gasteiger partial charge >= 0.3 is 0 Å².